The van der Waals surface area contributed by atoms with E-state index in [1.807, 2.05) is 13.8 Å². The Bertz CT molecular complexity index is 276. The molecule has 0 aromatic rings. The van der Waals surface area contributed by atoms with E-state index in [1.54, 1.807) is 0 Å². The first-order valence-corrected chi connectivity index (χ1v) is 5.60. The maximum Gasteiger partial charge on any atom is 0.225 e. The molecule has 1 heterocycles. The van der Waals surface area contributed by atoms with Gasteiger partial charge in [0.05, 0.1) is 5.92 Å². The Morgan fingerprint density at radius 3 is 2.81 bits per heavy atom. The van der Waals surface area contributed by atoms with Gasteiger partial charge in [-0.3, -0.25) is 9.59 Å². The number of carbonyl (C=O) groups excluding carboxylic acids is 2. The minimum Gasteiger partial charge on any atom is -0.396 e. The van der Waals surface area contributed by atoms with Gasteiger partial charge >= 0.3 is 0 Å². The molecule has 2 amide bonds. The molecular formula is C11H20N2O3. The molecule has 1 fully saturated rings. The van der Waals surface area contributed by atoms with Crippen LogP contribution in [0.2, 0.25) is 0 Å². The standard InChI is InChI=1S/C11H20N2O3/c1-11(2,3-4-14)7-13-10(16)8-5-9(15)12-6-8/h8,14H,3-7H2,1-2H3,(H,12,15)(H,13,16). The summed E-state index contributed by atoms with van der Waals surface area (Å²) in [5.41, 5.74) is -0.111. The second kappa shape index (κ2) is 5.30. The van der Waals surface area contributed by atoms with Crippen molar-refractivity contribution >= 4 is 11.8 Å². The van der Waals surface area contributed by atoms with Crippen LogP contribution in [-0.4, -0.2) is 36.6 Å². The van der Waals surface area contributed by atoms with Crippen molar-refractivity contribution in [3.63, 3.8) is 0 Å². The van der Waals surface area contributed by atoms with E-state index in [2.05, 4.69) is 10.6 Å². The molecule has 0 aromatic heterocycles. The molecule has 1 unspecified atom stereocenters. The lowest BCUT2D eigenvalue weighted by Crippen LogP contribution is -2.38. The van der Waals surface area contributed by atoms with Gasteiger partial charge in [-0.25, -0.2) is 0 Å². The smallest absolute Gasteiger partial charge is 0.225 e. The van der Waals surface area contributed by atoms with E-state index in [9.17, 15) is 9.59 Å². The Balaban J connectivity index is 2.32. The number of hydrogen-bond acceptors (Lipinski definition) is 3. The molecule has 0 spiro atoms. The van der Waals surface area contributed by atoms with Crippen molar-refractivity contribution < 1.29 is 14.7 Å². The molecule has 1 saturated heterocycles. The molecule has 0 saturated carbocycles. The summed E-state index contributed by atoms with van der Waals surface area (Å²) >= 11 is 0. The summed E-state index contributed by atoms with van der Waals surface area (Å²) in [6.07, 6.45) is 0.932. The fourth-order valence-electron chi connectivity index (χ4n) is 1.65. The zero-order valence-corrected chi connectivity index (χ0v) is 9.88. The molecule has 0 bridgehead atoms. The third-order valence-corrected chi connectivity index (χ3v) is 2.88. The summed E-state index contributed by atoms with van der Waals surface area (Å²) < 4.78 is 0. The van der Waals surface area contributed by atoms with Gasteiger partial charge in [0.1, 0.15) is 0 Å². The van der Waals surface area contributed by atoms with Gasteiger partial charge < -0.3 is 15.7 Å². The Morgan fingerprint density at radius 1 is 1.62 bits per heavy atom. The lowest BCUT2D eigenvalue weighted by molar-refractivity contribution is -0.126. The Hall–Kier alpha value is -1.10. The molecule has 1 atom stereocenters. The van der Waals surface area contributed by atoms with Gasteiger partial charge in [-0.15, -0.1) is 0 Å². The Labute approximate surface area is 95.6 Å². The van der Waals surface area contributed by atoms with Crippen LogP contribution in [0.3, 0.4) is 0 Å². The lowest BCUT2D eigenvalue weighted by atomic mass is 9.89. The molecule has 0 radical (unpaired) electrons. The van der Waals surface area contributed by atoms with Crippen molar-refractivity contribution in [1.29, 1.82) is 0 Å². The highest BCUT2D eigenvalue weighted by atomic mass is 16.3. The molecule has 0 aliphatic carbocycles. The van der Waals surface area contributed by atoms with Crippen molar-refractivity contribution in [3.05, 3.63) is 0 Å². The molecule has 3 N–H and O–H groups in total. The Kier molecular flexibility index (Phi) is 4.29. The zero-order valence-electron chi connectivity index (χ0n) is 9.88. The molecule has 0 aromatic carbocycles. The van der Waals surface area contributed by atoms with Crippen molar-refractivity contribution in [2.75, 3.05) is 19.7 Å². The van der Waals surface area contributed by atoms with Crippen molar-refractivity contribution in [1.82, 2.24) is 10.6 Å². The van der Waals surface area contributed by atoms with Crippen LogP contribution in [0.5, 0.6) is 0 Å². The van der Waals surface area contributed by atoms with Crippen LogP contribution < -0.4 is 10.6 Å². The van der Waals surface area contributed by atoms with Crippen molar-refractivity contribution in [3.8, 4) is 0 Å². The number of aliphatic hydroxyl groups is 1. The lowest BCUT2D eigenvalue weighted by Gasteiger charge is -2.24. The fraction of sp³-hybridized carbons (Fsp3) is 0.818. The van der Waals surface area contributed by atoms with Gasteiger partial charge in [-0.05, 0) is 11.8 Å². The van der Waals surface area contributed by atoms with E-state index in [0.29, 0.717) is 19.5 Å². The van der Waals surface area contributed by atoms with Crippen LogP contribution in [-0.2, 0) is 9.59 Å². The van der Waals surface area contributed by atoms with Crippen LogP contribution in [0.25, 0.3) is 0 Å². The van der Waals surface area contributed by atoms with E-state index in [1.165, 1.54) is 0 Å². The molecule has 1 aliphatic rings. The predicted molar refractivity (Wildman–Crippen MR) is 59.6 cm³/mol. The minimum absolute atomic E-state index is 0.0604. The molecule has 1 rings (SSSR count). The zero-order chi connectivity index (χ0) is 12.2. The first kappa shape index (κ1) is 13.0. The summed E-state index contributed by atoms with van der Waals surface area (Å²) in [5.74, 6) is -0.378. The summed E-state index contributed by atoms with van der Waals surface area (Å²) in [5, 5.41) is 14.3. The van der Waals surface area contributed by atoms with Gasteiger partial charge in [0.15, 0.2) is 0 Å². The number of amides is 2. The summed E-state index contributed by atoms with van der Waals surface area (Å²) in [6, 6.07) is 0. The monoisotopic (exact) mass is 228 g/mol. The topological polar surface area (TPSA) is 78.4 Å². The Morgan fingerprint density at radius 2 is 2.31 bits per heavy atom. The van der Waals surface area contributed by atoms with Crippen molar-refractivity contribution in [2.45, 2.75) is 26.7 Å². The van der Waals surface area contributed by atoms with Crippen LogP contribution >= 0.6 is 0 Å². The van der Waals surface area contributed by atoms with E-state index in [4.69, 9.17) is 5.11 Å². The number of aliphatic hydroxyl groups excluding tert-OH is 1. The van der Waals surface area contributed by atoms with Gasteiger partial charge in [-0.2, -0.15) is 0 Å². The largest absolute Gasteiger partial charge is 0.396 e. The predicted octanol–water partition coefficient (Wildman–Crippen LogP) is -0.353. The highest BCUT2D eigenvalue weighted by Crippen LogP contribution is 2.18. The minimum atomic E-state index is -0.238. The molecule has 1 aliphatic heterocycles. The molecule has 5 nitrogen and oxygen atoms in total. The second-order valence-electron chi connectivity index (χ2n) is 5.06. The van der Waals surface area contributed by atoms with Crippen molar-refractivity contribution in [2.24, 2.45) is 11.3 Å². The number of rotatable bonds is 5. The highest BCUT2D eigenvalue weighted by molar-refractivity contribution is 5.89. The first-order chi connectivity index (χ1) is 7.44. The maximum absolute atomic E-state index is 11.7. The second-order valence-corrected chi connectivity index (χ2v) is 5.06. The maximum atomic E-state index is 11.7. The number of carbonyl (C=O) groups is 2. The normalized spacial score (nSPS) is 20.7. The van der Waals surface area contributed by atoms with Gasteiger partial charge in [0.2, 0.25) is 11.8 Å². The van der Waals surface area contributed by atoms with Gasteiger partial charge in [-0.1, -0.05) is 13.8 Å². The van der Waals surface area contributed by atoms with Crippen LogP contribution in [0.1, 0.15) is 26.7 Å². The van der Waals surface area contributed by atoms with Crippen LogP contribution in [0.4, 0.5) is 0 Å². The summed E-state index contributed by atoms with van der Waals surface area (Å²) in [4.78, 5) is 22.6. The quantitative estimate of drug-likeness (QED) is 0.601. The van der Waals surface area contributed by atoms with E-state index >= 15 is 0 Å². The third kappa shape index (κ3) is 3.81. The van der Waals surface area contributed by atoms with Crippen LogP contribution in [0.15, 0.2) is 0 Å². The third-order valence-electron chi connectivity index (χ3n) is 2.88. The number of hydrogen-bond donors (Lipinski definition) is 3. The average Bonchev–Trinajstić information content (AvgIpc) is 2.61. The molecule has 5 heteroatoms. The van der Waals surface area contributed by atoms with Gasteiger partial charge in [0.25, 0.3) is 0 Å². The summed E-state index contributed by atoms with van der Waals surface area (Å²) in [6.45, 7) is 5.05. The van der Waals surface area contributed by atoms with E-state index in [0.717, 1.165) is 0 Å². The SMILES string of the molecule is CC(C)(CCO)CNC(=O)C1CNC(=O)C1. The average molecular weight is 228 g/mol. The number of nitrogens with one attached hydrogen (secondary N) is 2. The fourth-order valence-corrected chi connectivity index (χ4v) is 1.65. The van der Waals surface area contributed by atoms with E-state index < -0.39 is 0 Å². The molecular weight excluding hydrogens is 208 g/mol. The summed E-state index contributed by atoms with van der Waals surface area (Å²) in [7, 11) is 0. The molecule has 16 heavy (non-hydrogen) atoms. The van der Waals surface area contributed by atoms with Crippen LogP contribution in [0, 0.1) is 11.3 Å². The van der Waals surface area contributed by atoms with E-state index in [-0.39, 0.29) is 36.2 Å². The first-order valence-electron chi connectivity index (χ1n) is 5.60. The van der Waals surface area contributed by atoms with Gasteiger partial charge in [0, 0.05) is 26.1 Å². The highest BCUT2D eigenvalue weighted by Gasteiger charge is 2.28. The molecule has 92 valence electrons.